The summed E-state index contributed by atoms with van der Waals surface area (Å²) in [4.78, 5) is 23.9. The quantitative estimate of drug-likeness (QED) is 0.846. The summed E-state index contributed by atoms with van der Waals surface area (Å²) in [5, 5.41) is 11.2. The topological polar surface area (TPSA) is 78.9 Å². The van der Waals surface area contributed by atoms with Crippen molar-refractivity contribution < 1.29 is 23.8 Å². The molecule has 22 heavy (non-hydrogen) atoms. The van der Waals surface area contributed by atoms with Crippen molar-refractivity contribution in [1.82, 2.24) is 4.90 Å². The van der Waals surface area contributed by atoms with Gasteiger partial charge in [0.1, 0.15) is 11.6 Å². The van der Waals surface area contributed by atoms with Crippen molar-refractivity contribution in [3.05, 3.63) is 24.0 Å². The van der Waals surface area contributed by atoms with Crippen LogP contribution in [0.1, 0.15) is 20.8 Å². The van der Waals surface area contributed by atoms with Crippen LogP contribution in [0.3, 0.4) is 0 Å². The molecular formula is C15H21FN2O4. The van der Waals surface area contributed by atoms with E-state index in [1.807, 2.05) is 13.8 Å². The van der Waals surface area contributed by atoms with E-state index in [4.69, 9.17) is 9.84 Å². The zero-order chi connectivity index (χ0) is 16.9. The van der Waals surface area contributed by atoms with Crippen molar-refractivity contribution in [3.63, 3.8) is 0 Å². The fourth-order valence-electron chi connectivity index (χ4n) is 1.73. The van der Waals surface area contributed by atoms with Crippen molar-refractivity contribution in [3.8, 4) is 5.75 Å². The highest BCUT2D eigenvalue weighted by Gasteiger charge is 2.18. The lowest BCUT2D eigenvalue weighted by Crippen LogP contribution is -2.36. The average molecular weight is 312 g/mol. The molecule has 0 aliphatic heterocycles. The molecule has 122 valence electrons. The molecule has 1 atom stereocenters. The van der Waals surface area contributed by atoms with Crippen LogP contribution in [0.25, 0.3) is 0 Å². The number of carbonyl (C=O) groups excluding carboxylic acids is 1. The van der Waals surface area contributed by atoms with Gasteiger partial charge in [-0.2, -0.15) is 0 Å². The van der Waals surface area contributed by atoms with E-state index < -0.39 is 23.7 Å². The average Bonchev–Trinajstić information content (AvgIpc) is 2.40. The van der Waals surface area contributed by atoms with E-state index >= 15 is 0 Å². The fourth-order valence-corrected chi connectivity index (χ4v) is 1.73. The van der Waals surface area contributed by atoms with Gasteiger partial charge in [-0.3, -0.25) is 4.79 Å². The molecule has 0 bridgehead atoms. The highest BCUT2D eigenvalue weighted by Crippen LogP contribution is 2.21. The van der Waals surface area contributed by atoms with E-state index in [1.165, 1.54) is 31.0 Å². The van der Waals surface area contributed by atoms with E-state index in [1.54, 1.807) is 6.07 Å². The van der Waals surface area contributed by atoms with E-state index in [9.17, 15) is 14.0 Å². The number of urea groups is 1. The summed E-state index contributed by atoms with van der Waals surface area (Å²) in [6.07, 6.45) is -0.0801. The number of hydrogen-bond donors (Lipinski definition) is 2. The van der Waals surface area contributed by atoms with Crippen LogP contribution < -0.4 is 10.1 Å². The van der Waals surface area contributed by atoms with Crippen molar-refractivity contribution in [2.24, 2.45) is 5.92 Å². The number of carboxylic acid groups (broad SMARTS) is 1. The maximum Gasteiger partial charge on any atom is 0.321 e. The Bertz CT molecular complexity index is 548. The molecule has 0 aromatic heterocycles. The third-order valence-electron chi connectivity index (χ3n) is 2.87. The summed E-state index contributed by atoms with van der Waals surface area (Å²) in [5.74, 6) is -1.95. The third-order valence-corrected chi connectivity index (χ3v) is 2.87. The third kappa shape index (κ3) is 5.23. The van der Waals surface area contributed by atoms with Crippen LogP contribution >= 0.6 is 0 Å². The Kier molecular flexibility index (Phi) is 6.15. The maximum absolute atomic E-state index is 13.9. The van der Waals surface area contributed by atoms with Crippen LogP contribution in [0.5, 0.6) is 5.75 Å². The number of amides is 2. The van der Waals surface area contributed by atoms with Crippen LogP contribution in [0.15, 0.2) is 18.2 Å². The van der Waals surface area contributed by atoms with Crippen molar-refractivity contribution in [2.45, 2.75) is 26.9 Å². The molecule has 1 unspecified atom stereocenters. The number of benzene rings is 1. The Hall–Kier alpha value is -2.31. The minimum atomic E-state index is -0.999. The van der Waals surface area contributed by atoms with Gasteiger partial charge in [-0.05, 0) is 26.0 Å². The molecule has 0 saturated heterocycles. The summed E-state index contributed by atoms with van der Waals surface area (Å²) >= 11 is 0. The van der Waals surface area contributed by atoms with Crippen LogP contribution in [-0.2, 0) is 4.79 Å². The normalized spacial score (nSPS) is 11.9. The fraction of sp³-hybridized carbons (Fsp3) is 0.467. The number of hydrogen-bond acceptors (Lipinski definition) is 3. The largest absolute Gasteiger partial charge is 0.491 e. The molecule has 0 radical (unpaired) electrons. The minimum Gasteiger partial charge on any atom is -0.491 e. The van der Waals surface area contributed by atoms with Gasteiger partial charge in [0.05, 0.1) is 17.7 Å². The zero-order valence-electron chi connectivity index (χ0n) is 13.1. The molecule has 0 aliphatic carbocycles. The first-order valence-corrected chi connectivity index (χ1v) is 6.91. The molecule has 0 saturated carbocycles. The summed E-state index contributed by atoms with van der Waals surface area (Å²) < 4.78 is 19.3. The Morgan fingerprint density at radius 3 is 2.50 bits per heavy atom. The minimum absolute atomic E-state index is 0.0101. The van der Waals surface area contributed by atoms with Crippen LogP contribution in [0.4, 0.5) is 14.9 Å². The van der Waals surface area contributed by atoms with Gasteiger partial charge in [0.15, 0.2) is 0 Å². The lowest BCUT2D eigenvalue weighted by atomic mass is 10.2. The van der Waals surface area contributed by atoms with Gasteiger partial charge >= 0.3 is 12.0 Å². The number of nitrogens with one attached hydrogen (secondary N) is 1. The monoisotopic (exact) mass is 312 g/mol. The second kappa shape index (κ2) is 7.63. The van der Waals surface area contributed by atoms with Crippen LogP contribution in [-0.4, -0.2) is 41.7 Å². The number of halogens is 1. The summed E-state index contributed by atoms with van der Waals surface area (Å²) in [7, 11) is 1.45. The number of carbonyl (C=O) groups is 2. The summed E-state index contributed by atoms with van der Waals surface area (Å²) in [6, 6.07) is 3.57. The SMILES string of the molecule is CC(C)Oc1ccc(NC(=O)N(C)CC(C)C(=O)O)c(F)c1. The molecule has 1 aromatic rings. The first-order valence-electron chi connectivity index (χ1n) is 6.91. The molecule has 0 spiro atoms. The van der Waals surface area contributed by atoms with Gasteiger partial charge in [0.25, 0.3) is 0 Å². The molecule has 0 heterocycles. The molecule has 0 fully saturated rings. The van der Waals surface area contributed by atoms with Gasteiger partial charge in [0, 0.05) is 19.7 Å². The second-order valence-electron chi connectivity index (χ2n) is 5.36. The number of ether oxygens (including phenoxy) is 1. The molecule has 2 amide bonds. The number of carboxylic acids is 1. The number of nitrogens with zero attached hydrogens (tertiary/aromatic N) is 1. The number of anilines is 1. The lowest BCUT2D eigenvalue weighted by molar-refractivity contribution is -0.141. The van der Waals surface area contributed by atoms with Crippen LogP contribution in [0.2, 0.25) is 0 Å². The smallest absolute Gasteiger partial charge is 0.321 e. The van der Waals surface area contributed by atoms with E-state index in [0.717, 1.165) is 0 Å². The van der Waals surface area contributed by atoms with Gasteiger partial charge in [-0.25, -0.2) is 9.18 Å². The Morgan fingerprint density at radius 1 is 1.36 bits per heavy atom. The highest BCUT2D eigenvalue weighted by atomic mass is 19.1. The molecule has 1 rings (SSSR count). The van der Waals surface area contributed by atoms with E-state index in [2.05, 4.69) is 5.32 Å². The first-order chi connectivity index (χ1) is 10.2. The lowest BCUT2D eigenvalue weighted by Gasteiger charge is -2.20. The number of aliphatic carboxylic acids is 1. The summed E-state index contributed by atoms with van der Waals surface area (Å²) in [5.41, 5.74) is 0.0101. The van der Waals surface area contributed by atoms with Gasteiger partial charge in [-0.15, -0.1) is 0 Å². The second-order valence-corrected chi connectivity index (χ2v) is 5.36. The Morgan fingerprint density at radius 2 is 2.00 bits per heavy atom. The molecular weight excluding hydrogens is 291 g/mol. The first kappa shape index (κ1) is 17.7. The van der Waals surface area contributed by atoms with Gasteiger partial charge in [0.2, 0.25) is 0 Å². The van der Waals surface area contributed by atoms with Crippen LogP contribution in [0, 0.1) is 11.7 Å². The maximum atomic E-state index is 13.9. The molecule has 2 N–H and O–H groups in total. The standard InChI is InChI=1S/C15H21FN2O4/c1-9(2)22-11-5-6-13(12(16)7-11)17-15(21)18(4)8-10(3)14(19)20/h5-7,9-10H,8H2,1-4H3,(H,17,21)(H,19,20). The van der Waals surface area contributed by atoms with Gasteiger partial charge in [-0.1, -0.05) is 6.92 Å². The Balaban J connectivity index is 2.70. The molecule has 6 nitrogen and oxygen atoms in total. The van der Waals surface area contributed by atoms with Crippen molar-refractivity contribution in [1.29, 1.82) is 0 Å². The van der Waals surface area contributed by atoms with Crippen molar-refractivity contribution in [2.75, 3.05) is 18.9 Å². The van der Waals surface area contributed by atoms with E-state index in [-0.39, 0.29) is 18.3 Å². The molecule has 1 aromatic carbocycles. The molecule has 0 aliphatic rings. The molecule has 7 heteroatoms. The highest BCUT2D eigenvalue weighted by molar-refractivity contribution is 5.89. The number of rotatable bonds is 6. The Labute approximate surface area is 128 Å². The predicted molar refractivity (Wildman–Crippen MR) is 80.6 cm³/mol. The van der Waals surface area contributed by atoms with Gasteiger partial charge < -0.3 is 20.1 Å². The predicted octanol–water partition coefficient (Wildman–Crippen LogP) is 2.80. The van der Waals surface area contributed by atoms with E-state index in [0.29, 0.717) is 5.75 Å². The zero-order valence-corrected chi connectivity index (χ0v) is 13.1. The van der Waals surface area contributed by atoms with Crippen molar-refractivity contribution >= 4 is 17.7 Å². The summed E-state index contributed by atoms with van der Waals surface area (Å²) in [6.45, 7) is 5.17.